The van der Waals surface area contributed by atoms with E-state index in [0.717, 1.165) is 22.9 Å². The lowest BCUT2D eigenvalue weighted by Crippen LogP contribution is -1.94. The van der Waals surface area contributed by atoms with Crippen LogP contribution in [0.4, 0.5) is 0 Å². The Balaban J connectivity index is 2.92. The van der Waals surface area contributed by atoms with Gasteiger partial charge in [0.15, 0.2) is 6.29 Å². The van der Waals surface area contributed by atoms with Crippen LogP contribution in [0.2, 0.25) is 0 Å². The fraction of sp³-hybridized carbons (Fsp3) is 0.250. The molecule has 14 heavy (non-hydrogen) atoms. The zero-order chi connectivity index (χ0) is 10.3. The minimum atomic E-state index is 0.730. The molecule has 1 aromatic carbocycles. The van der Waals surface area contributed by atoms with Crippen LogP contribution in [0.1, 0.15) is 21.6 Å². The zero-order valence-corrected chi connectivity index (χ0v) is 8.66. The minimum absolute atomic E-state index is 0.730. The number of nitrogens with zero attached hydrogens (tertiary/aromatic N) is 1. The van der Waals surface area contributed by atoms with Crippen molar-refractivity contribution < 1.29 is 4.79 Å². The molecule has 0 aliphatic rings. The Bertz CT molecular complexity index is 509. The quantitative estimate of drug-likeness (QED) is 0.629. The van der Waals surface area contributed by atoms with Crippen LogP contribution in [-0.2, 0) is 7.05 Å². The average molecular weight is 187 g/mol. The molecule has 0 amide bonds. The number of fused-ring (bicyclic) bond motifs is 1. The van der Waals surface area contributed by atoms with Crippen LogP contribution >= 0.6 is 0 Å². The predicted octanol–water partition coefficient (Wildman–Crippen LogP) is 2.61. The summed E-state index contributed by atoms with van der Waals surface area (Å²) in [6.45, 7) is 4.14. The number of benzene rings is 1. The summed E-state index contributed by atoms with van der Waals surface area (Å²) in [6.07, 6.45) is 0.898. The Hall–Kier alpha value is -1.57. The van der Waals surface area contributed by atoms with Crippen LogP contribution < -0.4 is 0 Å². The molecular formula is C12H13NO. The molecule has 2 nitrogen and oxygen atoms in total. The van der Waals surface area contributed by atoms with Crippen molar-refractivity contribution in [1.29, 1.82) is 0 Å². The molecule has 1 aromatic heterocycles. The molecule has 0 spiro atoms. The van der Waals surface area contributed by atoms with E-state index in [2.05, 4.69) is 26.0 Å². The average Bonchev–Trinajstić information content (AvgIpc) is 2.42. The van der Waals surface area contributed by atoms with Crippen molar-refractivity contribution in [1.82, 2.24) is 4.57 Å². The van der Waals surface area contributed by atoms with E-state index in [-0.39, 0.29) is 0 Å². The van der Waals surface area contributed by atoms with Crippen molar-refractivity contribution in [2.75, 3.05) is 0 Å². The van der Waals surface area contributed by atoms with Gasteiger partial charge in [0.2, 0.25) is 0 Å². The lowest BCUT2D eigenvalue weighted by atomic mass is 10.1. The Kier molecular flexibility index (Phi) is 1.92. The number of aldehydes is 1. The number of rotatable bonds is 1. The fourth-order valence-corrected chi connectivity index (χ4v) is 2.06. The first-order chi connectivity index (χ1) is 6.63. The maximum Gasteiger partial charge on any atom is 0.166 e. The van der Waals surface area contributed by atoms with Crippen LogP contribution in [-0.4, -0.2) is 10.9 Å². The molecular weight excluding hydrogens is 174 g/mol. The summed E-state index contributed by atoms with van der Waals surface area (Å²) < 4.78 is 1.94. The summed E-state index contributed by atoms with van der Waals surface area (Å²) in [5.41, 5.74) is 4.33. The molecule has 0 saturated heterocycles. The maximum atomic E-state index is 10.8. The molecule has 0 aliphatic heterocycles. The molecule has 2 rings (SSSR count). The van der Waals surface area contributed by atoms with E-state index < -0.39 is 0 Å². The summed E-state index contributed by atoms with van der Waals surface area (Å²) in [5.74, 6) is 0. The van der Waals surface area contributed by atoms with Crippen molar-refractivity contribution in [3.8, 4) is 0 Å². The normalized spacial score (nSPS) is 10.8. The van der Waals surface area contributed by atoms with E-state index in [1.165, 1.54) is 11.1 Å². The first kappa shape index (κ1) is 9.00. The standard InChI is InChI=1S/C12H13NO/c1-8-4-9(2)12-10(5-8)6-11(7-14)13(12)3/h4-7H,1-3H3. The molecule has 0 atom stereocenters. The van der Waals surface area contributed by atoms with Crippen LogP contribution in [0.15, 0.2) is 18.2 Å². The molecule has 72 valence electrons. The van der Waals surface area contributed by atoms with Gasteiger partial charge < -0.3 is 4.57 Å². The van der Waals surface area contributed by atoms with E-state index in [1.807, 2.05) is 17.7 Å². The second-order valence-electron chi connectivity index (χ2n) is 3.77. The molecule has 0 unspecified atom stereocenters. The third-order valence-corrected chi connectivity index (χ3v) is 2.62. The summed E-state index contributed by atoms with van der Waals surface area (Å²) in [7, 11) is 1.92. The summed E-state index contributed by atoms with van der Waals surface area (Å²) >= 11 is 0. The zero-order valence-electron chi connectivity index (χ0n) is 8.66. The van der Waals surface area contributed by atoms with Gasteiger partial charge in [0, 0.05) is 12.4 Å². The van der Waals surface area contributed by atoms with Gasteiger partial charge in [-0.1, -0.05) is 11.6 Å². The van der Waals surface area contributed by atoms with Crippen LogP contribution in [0.5, 0.6) is 0 Å². The SMILES string of the molecule is Cc1cc(C)c2c(c1)cc(C=O)n2C. The Labute approximate surface area is 83.2 Å². The highest BCUT2D eigenvalue weighted by atomic mass is 16.1. The number of hydrogen-bond donors (Lipinski definition) is 0. The predicted molar refractivity (Wildman–Crippen MR) is 57.8 cm³/mol. The molecule has 0 fully saturated rings. The van der Waals surface area contributed by atoms with Crippen molar-refractivity contribution in [3.63, 3.8) is 0 Å². The monoisotopic (exact) mass is 187 g/mol. The van der Waals surface area contributed by atoms with Crippen molar-refractivity contribution in [2.24, 2.45) is 7.05 Å². The van der Waals surface area contributed by atoms with Gasteiger partial charge in [-0.3, -0.25) is 4.79 Å². The minimum Gasteiger partial charge on any atom is -0.341 e. The van der Waals surface area contributed by atoms with Gasteiger partial charge >= 0.3 is 0 Å². The third-order valence-electron chi connectivity index (χ3n) is 2.62. The van der Waals surface area contributed by atoms with Crippen LogP contribution in [0.25, 0.3) is 10.9 Å². The number of aryl methyl sites for hydroxylation is 3. The highest BCUT2D eigenvalue weighted by Crippen LogP contribution is 2.22. The molecule has 0 aliphatic carbocycles. The molecule has 2 heteroatoms. The molecule has 0 saturated carbocycles. The second-order valence-corrected chi connectivity index (χ2v) is 3.77. The Morgan fingerprint density at radius 2 is 1.93 bits per heavy atom. The molecule has 0 bridgehead atoms. The van der Waals surface area contributed by atoms with E-state index in [0.29, 0.717) is 0 Å². The number of carbonyl (C=O) groups is 1. The molecule has 2 aromatic rings. The first-order valence-corrected chi connectivity index (χ1v) is 4.65. The Morgan fingerprint density at radius 1 is 1.21 bits per heavy atom. The van der Waals surface area contributed by atoms with Gasteiger partial charge in [-0.15, -0.1) is 0 Å². The van der Waals surface area contributed by atoms with Gasteiger partial charge in [-0.25, -0.2) is 0 Å². The van der Waals surface area contributed by atoms with Gasteiger partial charge in [0.05, 0.1) is 11.2 Å². The molecule has 0 radical (unpaired) electrons. The van der Waals surface area contributed by atoms with Crippen molar-refractivity contribution >= 4 is 17.2 Å². The lowest BCUT2D eigenvalue weighted by molar-refractivity contribution is 0.111. The van der Waals surface area contributed by atoms with Crippen molar-refractivity contribution in [3.05, 3.63) is 35.0 Å². The summed E-state index contributed by atoms with van der Waals surface area (Å²) in [6, 6.07) is 6.18. The number of aromatic nitrogens is 1. The largest absolute Gasteiger partial charge is 0.341 e. The third kappa shape index (κ3) is 1.15. The van der Waals surface area contributed by atoms with Crippen molar-refractivity contribution in [2.45, 2.75) is 13.8 Å². The smallest absolute Gasteiger partial charge is 0.166 e. The summed E-state index contributed by atoms with van der Waals surface area (Å²) in [4.78, 5) is 10.8. The summed E-state index contributed by atoms with van der Waals surface area (Å²) in [5, 5.41) is 1.15. The highest BCUT2D eigenvalue weighted by molar-refractivity contribution is 5.91. The van der Waals surface area contributed by atoms with E-state index in [1.54, 1.807) is 0 Å². The fourth-order valence-electron chi connectivity index (χ4n) is 2.06. The number of carbonyl (C=O) groups excluding carboxylic acids is 1. The maximum absolute atomic E-state index is 10.8. The Morgan fingerprint density at radius 3 is 2.57 bits per heavy atom. The number of hydrogen-bond acceptors (Lipinski definition) is 1. The molecule has 0 N–H and O–H groups in total. The molecule has 1 heterocycles. The van der Waals surface area contributed by atoms with E-state index >= 15 is 0 Å². The van der Waals surface area contributed by atoms with Gasteiger partial charge in [0.25, 0.3) is 0 Å². The lowest BCUT2D eigenvalue weighted by Gasteiger charge is -2.03. The van der Waals surface area contributed by atoms with E-state index in [9.17, 15) is 4.79 Å². The van der Waals surface area contributed by atoms with Gasteiger partial charge in [-0.05, 0) is 31.5 Å². The first-order valence-electron chi connectivity index (χ1n) is 4.65. The second kappa shape index (κ2) is 2.98. The van der Waals surface area contributed by atoms with Gasteiger partial charge in [0.1, 0.15) is 0 Å². The topological polar surface area (TPSA) is 22.0 Å². The van der Waals surface area contributed by atoms with E-state index in [4.69, 9.17) is 0 Å². The highest BCUT2D eigenvalue weighted by Gasteiger charge is 2.07. The van der Waals surface area contributed by atoms with Gasteiger partial charge in [-0.2, -0.15) is 0 Å². The van der Waals surface area contributed by atoms with Crippen LogP contribution in [0.3, 0.4) is 0 Å². The van der Waals surface area contributed by atoms with Crippen LogP contribution in [0, 0.1) is 13.8 Å².